The smallest absolute Gasteiger partial charge is 0.240 e. The van der Waals surface area contributed by atoms with Crippen LogP contribution in [0.5, 0.6) is 0 Å². The number of amides is 2. The summed E-state index contributed by atoms with van der Waals surface area (Å²) in [5.74, 6) is -0.432. The van der Waals surface area contributed by atoms with E-state index in [1.165, 1.54) is 0 Å². The zero-order valence-corrected chi connectivity index (χ0v) is 10.8. The molecule has 0 radical (unpaired) electrons. The molecule has 0 bridgehead atoms. The average Bonchev–Trinajstić information content (AvgIpc) is 2.46. The van der Waals surface area contributed by atoms with E-state index in [9.17, 15) is 14.7 Å². The van der Waals surface area contributed by atoms with Gasteiger partial charge in [-0.2, -0.15) is 5.10 Å². The summed E-state index contributed by atoms with van der Waals surface area (Å²) in [6.07, 6.45) is 1.41. The van der Waals surface area contributed by atoms with Crippen LogP contribution in [-0.4, -0.2) is 29.2 Å². The highest BCUT2D eigenvalue weighted by Gasteiger charge is 2.26. The number of fused-ring (bicyclic) bond motifs is 1. The van der Waals surface area contributed by atoms with Crippen LogP contribution in [0, 0.1) is 5.92 Å². The van der Waals surface area contributed by atoms with Crippen LogP contribution in [0.1, 0.15) is 24.0 Å². The van der Waals surface area contributed by atoms with Gasteiger partial charge in [-0.05, 0) is 29.7 Å². The lowest BCUT2D eigenvalue weighted by Gasteiger charge is -2.23. The molecule has 2 aliphatic heterocycles. The number of carbonyl (C=O) groups is 2. The van der Waals surface area contributed by atoms with E-state index in [1.807, 2.05) is 18.2 Å². The van der Waals surface area contributed by atoms with Gasteiger partial charge in [0, 0.05) is 24.4 Å². The molecule has 3 rings (SSSR count). The van der Waals surface area contributed by atoms with Crippen molar-refractivity contribution in [2.75, 3.05) is 11.9 Å². The predicted molar refractivity (Wildman–Crippen MR) is 73.3 cm³/mol. The van der Waals surface area contributed by atoms with Gasteiger partial charge in [0.15, 0.2) is 0 Å². The maximum atomic E-state index is 11.3. The Bertz CT molecular complexity index is 610. The van der Waals surface area contributed by atoms with Crippen LogP contribution in [0.15, 0.2) is 23.3 Å². The van der Waals surface area contributed by atoms with Crippen molar-refractivity contribution in [3.05, 3.63) is 29.3 Å². The molecule has 6 heteroatoms. The monoisotopic (exact) mass is 273 g/mol. The van der Waals surface area contributed by atoms with Crippen molar-refractivity contribution in [1.82, 2.24) is 5.43 Å². The zero-order chi connectivity index (χ0) is 14.1. The fraction of sp³-hybridized carbons (Fsp3) is 0.357. The van der Waals surface area contributed by atoms with Gasteiger partial charge in [-0.1, -0.05) is 6.07 Å². The number of anilines is 1. The lowest BCUT2D eigenvalue weighted by Crippen LogP contribution is -2.35. The standard InChI is InChI=1S/C14H15N3O3/c18-7-10-6-13(20)16-17-14(10)9-1-3-11-8(5-9)2-4-12(19)15-11/h1,3,5,10,18H,2,4,6-7H2,(H,15,19)(H,16,20). The third kappa shape index (κ3) is 2.30. The highest BCUT2D eigenvalue weighted by Crippen LogP contribution is 2.26. The summed E-state index contributed by atoms with van der Waals surface area (Å²) in [7, 11) is 0. The summed E-state index contributed by atoms with van der Waals surface area (Å²) in [5.41, 5.74) is 5.89. The fourth-order valence-corrected chi connectivity index (χ4v) is 2.57. The number of benzene rings is 1. The molecule has 6 nitrogen and oxygen atoms in total. The van der Waals surface area contributed by atoms with Gasteiger partial charge in [-0.3, -0.25) is 9.59 Å². The van der Waals surface area contributed by atoms with Crippen molar-refractivity contribution >= 4 is 23.2 Å². The van der Waals surface area contributed by atoms with Crippen LogP contribution in [0.25, 0.3) is 0 Å². The lowest BCUT2D eigenvalue weighted by molar-refractivity contribution is -0.122. The first kappa shape index (κ1) is 12.8. The Morgan fingerprint density at radius 3 is 2.90 bits per heavy atom. The Balaban J connectivity index is 1.94. The molecule has 0 fully saturated rings. The molecule has 2 aliphatic rings. The number of nitrogens with one attached hydrogen (secondary N) is 2. The van der Waals surface area contributed by atoms with Gasteiger partial charge in [-0.25, -0.2) is 5.43 Å². The van der Waals surface area contributed by atoms with Crippen molar-refractivity contribution < 1.29 is 14.7 Å². The van der Waals surface area contributed by atoms with Crippen molar-refractivity contribution in [2.45, 2.75) is 19.3 Å². The van der Waals surface area contributed by atoms with Crippen molar-refractivity contribution in [3.8, 4) is 0 Å². The Labute approximate surface area is 115 Å². The molecule has 0 aromatic heterocycles. The minimum Gasteiger partial charge on any atom is -0.396 e. The Morgan fingerprint density at radius 2 is 2.10 bits per heavy atom. The van der Waals surface area contributed by atoms with Crippen molar-refractivity contribution in [2.24, 2.45) is 11.0 Å². The molecule has 2 amide bonds. The number of hydrogen-bond donors (Lipinski definition) is 3. The predicted octanol–water partition coefficient (Wildman–Crippen LogP) is 0.404. The Kier molecular flexibility index (Phi) is 3.23. The number of aliphatic hydroxyl groups is 1. The number of nitrogens with zero attached hydrogens (tertiary/aromatic N) is 1. The highest BCUT2D eigenvalue weighted by atomic mass is 16.3. The molecule has 104 valence electrons. The van der Waals surface area contributed by atoms with Crippen LogP contribution in [0.3, 0.4) is 0 Å². The quantitative estimate of drug-likeness (QED) is 0.728. The number of hydrogen-bond acceptors (Lipinski definition) is 4. The lowest BCUT2D eigenvalue weighted by atomic mass is 9.90. The minimum atomic E-state index is -0.278. The second-order valence-corrected chi connectivity index (χ2v) is 5.04. The third-order valence-electron chi connectivity index (χ3n) is 3.64. The van der Waals surface area contributed by atoms with E-state index >= 15 is 0 Å². The first-order chi connectivity index (χ1) is 9.67. The van der Waals surface area contributed by atoms with E-state index in [4.69, 9.17) is 0 Å². The van der Waals surface area contributed by atoms with Gasteiger partial charge < -0.3 is 10.4 Å². The molecule has 0 aliphatic carbocycles. The largest absolute Gasteiger partial charge is 0.396 e. The van der Waals surface area contributed by atoms with E-state index < -0.39 is 0 Å². The zero-order valence-electron chi connectivity index (χ0n) is 10.8. The average molecular weight is 273 g/mol. The molecular formula is C14H15N3O3. The van der Waals surface area contributed by atoms with Crippen molar-refractivity contribution in [3.63, 3.8) is 0 Å². The molecule has 0 saturated carbocycles. The molecule has 1 aromatic rings. The SMILES string of the molecule is O=C1CC(CO)C(c2ccc3c(c2)CCC(=O)N3)=NN1. The molecule has 1 atom stereocenters. The van der Waals surface area contributed by atoms with E-state index in [-0.39, 0.29) is 30.8 Å². The van der Waals surface area contributed by atoms with E-state index in [2.05, 4.69) is 15.8 Å². The first-order valence-electron chi connectivity index (χ1n) is 6.58. The summed E-state index contributed by atoms with van der Waals surface area (Å²) in [4.78, 5) is 22.6. The maximum absolute atomic E-state index is 11.3. The Morgan fingerprint density at radius 1 is 1.25 bits per heavy atom. The van der Waals surface area contributed by atoms with Gasteiger partial charge in [-0.15, -0.1) is 0 Å². The molecule has 20 heavy (non-hydrogen) atoms. The van der Waals surface area contributed by atoms with E-state index in [1.54, 1.807) is 0 Å². The summed E-state index contributed by atoms with van der Waals surface area (Å²) < 4.78 is 0. The van der Waals surface area contributed by atoms with Crippen LogP contribution >= 0.6 is 0 Å². The second-order valence-electron chi connectivity index (χ2n) is 5.04. The summed E-state index contributed by atoms with van der Waals surface area (Å²) in [5, 5.41) is 16.3. The molecule has 0 spiro atoms. The van der Waals surface area contributed by atoms with Crippen LogP contribution in [-0.2, 0) is 16.0 Å². The second kappa shape index (κ2) is 5.05. The number of carbonyl (C=O) groups excluding carboxylic acids is 2. The number of aliphatic hydroxyl groups excluding tert-OH is 1. The van der Waals surface area contributed by atoms with Gasteiger partial charge in [0.2, 0.25) is 11.8 Å². The summed E-state index contributed by atoms with van der Waals surface area (Å²) in [6, 6.07) is 5.66. The van der Waals surface area contributed by atoms with Crippen LogP contribution in [0.2, 0.25) is 0 Å². The topological polar surface area (TPSA) is 90.8 Å². The molecule has 1 aromatic carbocycles. The molecule has 0 saturated heterocycles. The highest BCUT2D eigenvalue weighted by molar-refractivity contribution is 6.06. The Hall–Kier alpha value is -2.21. The van der Waals surface area contributed by atoms with Gasteiger partial charge in [0.25, 0.3) is 0 Å². The summed E-state index contributed by atoms with van der Waals surface area (Å²) in [6.45, 7) is -0.111. The third-order valence-corrected chi connectivity index (χ3v) is 3.64. The molecule has 3 N–H and O–H groups in total. The number of hydrazone groups is 1. The van der Waals surface area contributed by atoms with Crippen LogP contribution < -0.4 is 10.7 Å². The van der Waals surface area contributed by atoms with Gasteiger partial charge in [0.05, 0.1) is 12.3 Å². The van der Waals surface area contributed by atoms with Gasteiger partial charge in [0.1, 0.15) is 0 Å². The van der Waals surface area contributed by atoms with Crippen LogP contribution in [0.4, 0.5) is 5.69 Å². The molecule has 1 unspecified atom stereocenters. The minimum absolute atomic E-state index is 0.0285. The fourth-order valence-electron chi connectivity index (χ4n) is 2.57. The van der Waals surface area contributed by atoms with Crippen molar-refractivity contribution in [1.29, 1.82) is 0 Å². The summed E-state index contributed by atoms with van der Waals surface area (Å²) >= 11 is 0. The van der Waals surface area contributed by atoms with E-state index in [0.717, 1.165) is 16.8 Å². The van der Waals surface area contributed by atoms with E-state index in [0.29, 0.717) is 18.6 Å². The number of rotatable bonds is 2. The van der Waals surface area contributed by atoms with Gasteiger partial charge >= 0.3 is 0 Å². The molecular weight excluding hydrogens is 258 g/mol. The first-order valence-corrected chi connectivity index (χ1v) is 6.58. The maximum Gasteiger partial charge on any atom is 0.240 e. The number of aryl methyl sites for hydroxylation is 1. The molecule has 2 heterocycles. The normalized spacial score (nSPS) is 21.6.